The largest absolute Gasteiger partial charge is 0.481 e. The van der Waals surface area contributed by atoms with E-state index in [-0.39, 0.29) is 17.7 Å². The van der Waals surface area contributed by atoms with Crippen molar-refractivity contribution in [2.45, 2.75) is 39.5 Å². The number of aliphatic carboxylic acids is 1. The number of nitrogens with one attached hydrogen (secondary N) is 1. The molecular formula is C19H23N3O3. The average molecular weight is 341 g/mol. The van der Waals surface area contributed by atoms with E-state index in [0.717, 1.165) is 22.5 Å². The van der Waals surface area contributed by atoms with Crippen LogP contribution in [0.25, 0.3) is 5.69 Å². The maximum absolute atomic E-state index is 12.7. The molecule has 1 fully saturated rings. The van der Waals surface area contributed by atoms with Crippen LogP contribution in [0.15, 0.2) is 30.6 Å². The number of carboxylic acid groups (broad SMARTS) is 1. The molecule has 0 atom stereocenters. The number of hydrogen-bond donors (Lipinski definition) is 2. The molecule has 0 bridgehead atoms. The summed E-state index contributed by atoms with van der Waals surface area (Å²) in [6.07, 6.45) is 6.05. The van der Waals surface area contributed by atoms with Crippen molar-refractivity contribution in [2.24, 2.45) is 11.8 Å². The van der Waals surface area contributed by atoms with Crippen LogP contribution in [0.3, 0.4) is 0 Å². The van der Waals surface area contributed by atoms with E-state index < -0.39 is 5.97 Å². The summed E-state index contributed by atoms with van der Waals surface area (Å²) in [6.45, 7) is 3.95. The number of carboxylic acids is 1. The Bertz CT molecular complexity index is 789. The van der Waals surface area contributed by atoms with Gasteiger partial charge in [0.05, 0.1) is 23.5 Å². The second-order valence-corrected chi connectivity index (χ2v) is 6.86. The Morgan fingerprint density at radius 3 is 2.40 bits per heavy atom. The van der Waals surface area contributed by atoms with Gasteiger partial charge in [-0.25, -0.2) is 4.68 Å². The summed E-state index contributed by atoms with van der Waals surface area (Å²) in [6, 6.07) is 5.87. The molecule has 1 heterocycles. The Labute approximate surface area is 146 Å². The highest BCUT2D eigenvalue weighted by Crippen LogP contribution is 2.31. The number of hydrogen-bond acceptors (Lipinski definition) is 3. The Balaban J connectivity index is 1.75. The van der Waals surface area contributed by atoms with Gasteiger partial charge in [0.25, 0.3) is 0 Å². The Kier molecular flexibility index (Phi) is 4.88. The number of amides is 1. The number of aryl methyl sites for hydroxylation is 2. The Hall–Kier alpha value is -2.63. The van der Waals surface area contributed by atoms with Crippen LogP contribution >= 0.6 is 0 Å². The maximum atomic E-state index is 12.7. The van der Waals surface area contributed by atoms with Crippen molar-refractivity contribution >= 4 is 17.6 Å². The molecule has 6 nitrogen and oxygen atoms in total. The fourth-order valence-electron chi connectivity index (χ4n) is 3.33. The molecule has 1 aromatic heterocycles. The predicted octanol–water partition coefficient (Wildman–Crippen LogP) is 3.32. The molecule has 1 aliphatic carbocycles. The lowest BCUT2D eigenvalue weighted by Crippen LogP contribution is -2.29. The van der Waals surface area contributed by atoms with Crippen LogP contribution in [0.5, 0.6) is 0 Å². The van der Waals surface area contributed by atoms with Gasteiger partial charge in [-0.15, -0.1) is 0 Å². The molecule has 0 aliphatic heterocycles. The van der Waals surface area contributed by atoms with E-state index in [2.05, 4.69) is 10.4 Å². The van der Waals surface area contributed by atoms with Gasteiger partial charge < -0.3 is 10.4 Å². The van der Waals surface area contributed by atoms with Crippen molar-refractivity contribution < 1.29 is 14.7 Å². The number of carbonyl (C=O) groups is 2. The minimum Gasteiger partial charge on any atom is -0.481 e. The van der Waals surface area contributed by atoms with Crippen molar-refractivity contribution in [3.63, 3.8) is 0 Å². The lowest BCUT2D eigenvalue weighted by Gasteiger charge is -2.25. The molecule has 1 aromatic carbocycles. The summed E-state index contributed by atoms with van der Waals surface area (Å²) < 4.78 is 1.76. The Morgan fingerprint density at radius 1 is 1.12 bits per heavy atom. The van der Waals surface area contributed by atoms with E-state index in [1.54, 1.807) is 10.9 Å². The van der Waals surface area contributed by atoms with Crippen LogP contribution in [0.4, 0.5) is 5.69 Å². The van der Waals surface area contributed by atoms with Gasteiger partial charge >= 0.3 is 5.97 Å². The molecule has 0 radical (unpaired) electrons. The summed E-state index contributed by atoms with van der Waals surface area (Å²) in [5, 5.41) is 16.4. The normalized spacial score (nSPS) is 20.2. The van der Waals surface area contributed by atoms with Crippen molar-refractivity contribution in [3.8, 4) is 5.69 Å². The zero-order valence-corrected chi connectivity index (χ0v) is 14.5. The van der Waals surface area contributed by atoms with Crippen molar-refractivity contribution in [1.82, 2.24) is 9.78 Å². The molecule has 1 aliphatic rings. The van der Waals surface area contributed by atoms with Gasteiger partial charge in [-0.05, 0) is 62.8 Å². The van der Waals surface area contributed by atoms with Crippen molar-refractivity contribution in [1.29, 1.82) is 0 Å². The number of rotatable bonds is 4. The molecule has 25 heavy (non-hydrogen) atoms. The quantitative estimate of drug-likeness (QED) is 0.893. The molecule has 0 saturated heterocycles. The molecular weight excluding hydrogens is 318 g/mol. The van der Waals surface area contributed by atoms with E-state index in [1.807, 2.05) is 38.2 Å². The first-order valence-electron chi connectivity index (χ1n) is 8.60. The third-order valence-electron chi connectivity index (χ3n) is 4.82. The highest BCUT2D eigenvalue weighted by atomic mass is 16.4. The number of carbonyl (C=O) groups excluding carboxylic acids is 1. The molecule has 132 valence electrons. The lowest BCUT2D eigenvalue weighted by atomic mass is 9.81. The standard InChI is InChI=1S/C19H23N3O3/c1-12-3-8-17(22-11-13(2)10-20-22)16(9-12)21-18(23)14-4-6-15(7-5-14)19(24)25/h3,8-11,14-15H,4-7H2,1-2H3,(H,21,23)(H,24,25). The lowest BCUT2D eigenvalue weighted by molar-refractivity contribution is -0.143. The SMILES string of the molecule is Cc1ccc(-n2cc(C)cn2)c(NC(=O)C2CCC(C(=O)O)CC2)c1. The monoisotopic (exact) mass is 341 g/mol. The topological polar surface area (TPSA) is 84.2 Å². The van der Waals surface area contributed by atoms with Gasteiger partial charge in [-0.3, -0.25) is 9.59 Å². The minimum absolute atomic E-state index is 0.0421. The molecule has 6 heteroatoms. The van der Waals surface area contributed by atoms with Gasteiger partial charge in [-0.1, -0.05) is 6.07 Å². The third-order valence-corrected chi connectivity index (χ3v) is 4.82. The molecule has 3 rings (SSSR count). The highest BCUT2D eigenvalue weighted by Gasteiger charge is 2.30. The number of nitrogens with zero attached hydrogens (tertiary/aromatic N) is 2. The van der Waals surface area contributed by atoms with Gasteiger partial charge in [0.15, 0.2) is 0 Å². The van der Waals surface area contributed by atoms with E-state index >= 15 is 0 Å². The molecule has 1 saturated carbocycles. The predicted molar refractivity (Wildman–Crippen MR) is 94.8 cm³/mol. The van der Waals surface area contributed by atoms with E-state index in [1.165, 1.54) is 0 Å². The fourth-order valence-corrected chi connectivity index (χ4v) is 3.33. The summed E-state index contributed by atoms with van der Waals surface area (Å²) in [7, 11) is 0. The third kappa shape index (κ3) is 3.90. The maximum Gasteiger partial charge on any atom is 0.306 e. The number of aromatic nitrogens is 2. The fraction of sp³-hybridized carbons (Fsp3) is 0.421. The molecule has 2 aromatic rings. The zero-order chi connectivity index (χ0) is 18.0. The van der Waals surface area contributed by atoms with Crippen molar-refractivity contribution in [2.75, 3.05) is 5.32 Å². The van der Waals surface area contributed by atoms with Gasteiger partial charge in [0, 0.05) is 12.1 Å². The van der Waals surface area contributed by atoms with Crippen LogP contribution < -0.4 is 5.32 Å². The molecule has 2 N–H and O–H groups in total. The number of benzene rings is 1. The molecule has 1 amide bonds. The average Bonchev–Trinajstić information content (AvgIpc) is 3.01. The van der Waals surface area contributed by atoms with E-state index in [4.69, 9.17) is 5.11 Å². The van der Waals surface area contributed by atoms with Crippen LogP contribution in [-0.4, -0.2) is 26.8 Å². The minimum atomic E-state index is -0.756. The smallest absolute Gasteiger partial charge is 0.306 e. The van der Waals surface area contributed by atoms with Crippen LogP contribution in [0.1, 0.15) is 36.8 Å². The first-order chi connectivity index (χ1) is 11.9. The van der Waals surface area contributed by atoms with Crippen LogP contribution in [0.2, 0.25) is 0 Å². The van der Waals surface area contributed by atoms with Crippen molar-refractivity contribution in [3.05, 3.63) is 41.7 Å². The van der Waals surface area contributed by atoms with Crippen LogP contribution in [0, 0.1) is 25.7 Å². The van der Waals surface area contributed by atoms with Crippen LogP contribution in [-0.2, 0) is 9.59 Å². The highest BCUT2D eigenvalue weighted by molar-refractivity contribution is 5.94. The molecule has 0 spiro atoms. The Morgan fingerprint density at radius 2 is 1.80 bits per heavy atom. The summed E-state index contributed by atoms with van der Waals surface area (Å²) in [5.41, 5.74) is 3.65. The number of anilines is 1. The second-order valence-electron chi connectivity index (χ2n) is 6.86. The van der Waals surface area contributed by atoms with Gasteiger partial charge in [-0.2, -0.15) is 5.10 Å². The molecule has 0 unspecified atom stereocenters. The summed E-state index contributed by atoms with van der Waals surface area (Å²) in [4.78, 5) is 23.7. The van der Waals surface area contributed by atoms with Gasteiger partial charge in [0.2, 0.25) is 5.91 Å². The van der Waals surface area contributed by atoms with E-state index in [0.29, 0.717) is 25.7 Å². The second kappa shape index (κ2) is 7.09. The van der Waals surface area contributed by atoms with E-state index in [9.17, 15) is 9.59 Å². The zero-order valence-electron chi connectivity index (χ0n) is 14.5. The summed E-state index contributed by atoms with van der Waals surface area (Å²) >= 11 is 0. The summed E-state index contributed by atoms with van der Waals surface area (Å²) in [5.74, 6) is -1.25. The first-order valence-corrected chi connectivity index (χ1v) is 8.60. The van der Waals surface area contributed by atoms with Gasteiger partial charge in [0.1, 0.15) is 0 Å². The first kappa shape index (κ1) is 17.2.